The van der Waals surface area contributed by atoms with E-state index in [9.17, 15) is 4.79 Å². The standard InChI is InChI=1S/C21H26N2OS/c1-16(15-21(3,4)18-11-7-5-8-12-18)22-23-20(24)17(2)25-19-13-9-6-10-14-19/h5-14,17H,15H2,1-4H3,(H,23,24)/b22-16-/t17-/m0/s1. The molecule has 0 fully saturated rings. The van der Waals surface area contributed by atoms with Gasteiger partial charge in [-0.2, -0.15) is 5.10 Å². The van der Waals surface area contributed by atoms with E-state index in [0.29, 0.717) is 0 Å². The van der Waals surface area contributed by atoms with Gasteiger partial charge in [-0.1, -0.05) is 62.4 Å². The number of thioether (sulfide) groups is 1. The minimum Gasteiger partial charge on any atom is -0.272 e. The molecule has 2 aromatic rings. The molecule has 132 valence electrons. The zero-order valence-electron chi connectivity index (χ0n) is 15.3. The summed E-state index contributed by atoms with van der Waals surface area (Å²) < 4.78 is 0. The number of hydrogen-bond acceptors (Lipinski definition) is 3. The van der Waals surface area contributed by atoms with Crippen LogP contribution in [-0.4, -0.2) is 16.9 Å². The highest BCUT2D eigenvalue weighted by Gasteiger charge is 2.21. The monoisotopic (exact) mass is 354 g/mol. The van der Waals surface area contributed by atoms with E-state index in [-0.39, 0.29) is 16.6 Å². The van der Waals surface area contributed by atoms with Gasteiger partial charge in [0.2, 0.25) is 0 Å². The first-order valence-corrected chi connectivity index (χ1v) is 9.37. The van der Waals surface area contributed by atoms with E-state index in [1.54, 1.807) is 0 Å². The van der Waals surface area contributed by atoms with Gasteiger partial charge >= 0.3 is 0 Å². The van der Waals surface area contributed by atoms with E-state index < -0.39 is 0 Å². The van der Waals surface area contributed by atoms with Gasteiger partial charge in [0, 0.05) is 10.6 Å². The van der Waals surface area contributed by atoms with Crippen molar-refractivity contribution in [1.29, 1.82) is 0 Å². The van der Waals surface area contributed by atoms with E-state index in [4.69, 9.17) is 0 Å². The Morgan fingerprint density at radius 1 is 1.08 bits per heavy atom. The number of hydrazone groups is 1. The van der Waals surface area contributed by atoms with Crippen LogP contribution in [0.3, 0.4) is 0 Å². The molecule has 2 rings (SSSR count). The lowest BCUT2D eigenvalue weighted by Crippen LogP contribution is -2.29. The van der Waals surface area contributed by atoms with Crippen LogP contribution in [0, 0.1) is 0 Å². The van der Waals surface area contributed by atoms with Crippen molar-refractivity contribution in [2.75, 3.05) is 0 Å². The molecular weight excluding hydrogens is 328 g/mol. The summed E-state index contributed by atoms with van der Waals surface area (Å²) in [5, 5.41) is 4.11. The number of carbonyl (C=O) groups excluding carboxylic acids is 1. The maximum absolute atomic E-state index is 12.2. The molecule has 0 spiro atoms. The van der Waals surface area contributed by atoms with Crippen molar-refractivity contribution < 1.29 is 4.79 Å². The number of nitrogens with one attached hydrogen (secondary N) is 1. The van der Waals surface area contributed by atoms with Crippen LogP contribution in [0.5, 0.6) is 0 Å². The molecule has 0 radical (unpaired) electrons. The second-order valence-electron chi connectivity index (χ2n) is 6.82. The molecule has 1 atom stereocenters. The Hall–Kier alpha value is -2.07. The summed E-state index contributed by atoms with van der Waals surface area (Å²) in [7, 11) is 0. The Bertz CT molecular complexity index is 711. The van der Waals surface area contributed by atoms with E-state index in [1.807, 2.05) is 62.4 Å². The molecule has 1 N–H and O–H groups in total. The topological polar surface area (TPSA) is 41.5 Å². The van der Waals surface area contributed by atoms with Gasteiger partial charge in [0.1, 0.15) is 0 Å². The largest absolute Gasteiger partial charge is 0.272 e. The van der Waals surface area contributed by atoms with Crippen molar-refractivity contribution in [3.63, 3.8) is 0 Å². The molecule has 0 aliphatic carbocycles. The normalized spacial score (nSPS) is 13.4. The zero-order chi connectivity index (χ0) is 18.3. The Kier molecular flexibility index (Phi) is 6.82. The lowest BCUT2D eigenvalue weighted by Gasteiger charge is -2.25. The first-order chi connectivity index (χ1) is 11.9. The number of carbonyl (C=O) groups is 1. The number of hydrogen-bond donors (Lipinski definition) is 1. The predicted molar refractivity (Wildman–Crippen MR) is 107 cm³/mol. The van der Waals surface area contributed by atoms with Crippen molar-refractivity contribution in [2.45, 2.75) is 49.7 Å². The van der Waals surface area contributed by atoms with Crippen molar-refractivity contribution in [3.8, 4) is 0 Å². The molecule has 4 heteroatoms. The third kappa shape index (κ3) is 6.05. The van der Waals surface area contributed by atoms with Crippen LogP contribution >= 0.6 is 11.8 Å². The summed E-state index contributed by atoms with van der Waals surface area (Å²) in [5.41, 5.74) is 4.86. The molecule has 0 aliphatic rings. The third-order valence-corrected chi connectivity index (χ3v) is 5.15. The molecule has 0 aliphatic heterocycles. The van der Waals surface area contributed by atoms with Crippen molar-refractivity contribution in [3.05, 3.63) is 66.2 Å². The van der Waals surface area contributed by atoms with Gasteiger partial charge < -0.3 is 0 Å². The van der Waals surface area contributed by atoms with Gasteiger partial charge in [-0.05, 0) is 43.4 Å². The molecule has 0 bridgehead atoms. The second kappa shape index (κ2) is 8.86. The maximum Gasteiger partial charge on any atom is 0.253 e. The van der Waals surface area contributed by atoms with Crippen LogP contribution in [-0.2, 0) is 10.2 Å². The average molecular weight is 355 g/mol. The molecule has 0 saturated heterocycles. The predicted octanol–water partition coefficient (Wildman–Crippen LogP) is 5.03. The summed E-state index contributed by atoms with van der Waals surface area (Å²) in [6.07, 6.45) is 0.789. The van der Waals surface area contributed by atoms with Crippen LogP contribution < -0.4 is 5.43 Å². The van der Waals surface area contributed by atoms with Crippen LogP contribution in [0.4, 0.5) is 0 Å². The highest BCUT2D eigenvalue weighted by Crippen LogP contribution is 2.27. The highest BCUT2D eigenvalue weighted by atomic mass is 32.2. The Balaban J connectivity index is 1.90. The van der Waals surface area contributed by atoms with Crippen molar-refractivity contribution in [1.82, 2.24) is 5.43 Å². The number of rotatable bonds is 7. The molecule has 2 aromatic carbocycles. The minimum absolute atomic E-state index is 0.0238. The molecule has 0 aromatic heterocycles. The molecule has 1 amide bonds. The summed E-state index contributed by atoms with van der Waals surface area (Å²) in [6, 6.07) is 20.3. The molecule has 0 heterocycles. The number of nitrogens with zero attached hydrogens (tertiary/aromatic N) is 1. The molecule has 25 heavy (non-hydrogen) atoms. The molecule has 0 saturated carbocycles. The van der Waals surface area contributed by atoms with E-state index in [2.05, 4.69) is 36.5 Å². The fourth-order valence-electron chi connectivity index (χ4n) is 2.67. The van der Waals surface area contributed by atoms with E-state index >= 15 is 0 Å². The zero-order valence-corrected chi connectivity index (χ0v) is 16.1. The lowest BCUT2D eigenvalue weighted by molar-refractivity contribution is -0.120. The van der Waals surface area contributed by atoms with Crippen LogP contribution in [0.15, 0.2) is 70.7 Å². The number of amides is 1. The van der Waals surface area contributed by atoms with E-state index in [1.165, 1.54) is 17.3 Å². The highest BCUT2D eigenvalue weighted by molar-refractivity contribution is 8.00. The van der Waals surface area contributed by atoms with E-state index in [0.717, 1.165) is 17.0 Å². The van der Waals surface area contributed by atoms with Gasteiger partial charge in [-0.15, -0.1) is 11.8 Å². The first kappa shape index (κ1) is 19.3. The van der Waals surface area contributed by atoms with Gasteiger partial charge in [-0.25, -0.2) is 5.43 Å². The smallest absolute Gasteiger partial charge is 0.253 e. The molecule has 3 nitrogen and oxygen atoms in total. The summed E-state index contributed by atoms with van der Waals surface area (Å²) >= 11 is 1.53. The molecular formula is C21H26N2OS. The Labute approximate surface area is 154 Å². The summed E-state index contributed by atoms with van der Waals surface area (Å²) in [6.45, 7) is 8.24. The third-order valence-electron chi connectivity index (χ3n) is 4.04. The fraction of sp³-hybridized carbons (Fsp3) is 0.333. The summed E-state index contributed by atoms with van der Waals surface area (Å²) in [4.78, 5) is 13.3. The quantitative estimate of drug-likeness (QED) is 0.430. The summed E-state index contributed by atoms with van der Waals surface area (Å²) in [5.74, 6) is -0.0780. The van der Waals surface area contributed by atoms with Crippen molar-refractivity contribution in [2.24, 2.45) is 5.10 Å². The Morgan fingerprint density at radius 2 is 1.64 bits per heavy atom. The molecule has 0 unspecified atom stereocenters. The number of benzene rings is 2. The van der Waals surface area contributed by atoms with Crippen LogP contribution in [0.25, 0.3) is 0 Å². The SMILES string of the molecule is C/C(CC(C)(C)c1ccccc1)=N/NC(=O)[C@H](C)Sc1ccccc1. The minimum atomic E-state index is -0.193. The average Bonchev–Trinajstić information content (AvgIpc) is 2.61. The second-order valence-corrected chi connectivity index (χ2v) is 8.24. The maximum atomic E-state index is 12.2. The van der Waals surface area contributed by atoms with Crippen LogP contribution in [0.1, 0.15) is 39.7 Å². The van der Waals surface area contributed by atoms with Crippen molar-refractivity contribution >= 4 is 23.4 Å². The first-order valence-electron chi connectivity index (χ1n) is 8.49. The van der Waals surface area contributed by atoms with Gasteiger partial charge in [0.15, 0.2) is 0 Å². The Morgan fingerprint density at radius 3 is 2.24 bits per heavy atom. The van der Waals surface area contributed by atoms with Gasteiger partial charge in [0.25, 0.3) is 5.91 Å². The van der Waals surface area contributed by atoms with Gasteiger partial charge in [0.05, 0.1) is 5.25 Å². The van der Waals surface area contributed by atoms with Crippen LogP contribution in [0.2, 0.25) is 0 Å². The fourth-order valence-corrected chi connectivity index (χ4v) is 3.55. The van der Waals surface area contributed by atoms with Gasteiger partial charge in [-0.3, -0.25) is 4.79 Å². The lowest BCUT2D eigenvalue weighted by atomic mass is 9.80.